The van der Waals surface area contributed by atoms with Gasteiger partial charge in [0.15, 0.2) is 0 Å². The number of nitrogens with one attached hydrogen (secondary N) is 3. The molecule has 0 atom stereocenters. The van der Waals surface area contributed by atoms with Gasteiger partial charge in [-0.3, -0.25) is 0 Å². The molecule has 0 radical (unpaired) electrons. The molecule has 0 spiro atoms. The van der Waals surface area contributed by atoms with Crippen LogP contribution in [0.4, 0.5) is 0 Å². The van der Waals surface area contributed by atoms with Gasteiger partial charge in [-0.2, -0.15) is 0 Å². The fraction of sp³-hybridized carbons (Fsp3) is 1.00. The third kappa shape index (κ3) is 2.29. The molecule has 3 heterocycles. The number of fused-ring (bicyclic) bond motifs is 6. The van der Waals surface area contributed by atoms with Crippen LogP contribution in [0.3, 0.4) is 0 Å². The van der Waals surface area contributed by atoms with Gasteiger partial charge in [-0.15, -0.1) is 0 Å². The van der Waals surface area contributed by atoms with E-state index in [1.54, 1.807) is 0 Å². The molecule has 0 aromatic heterocycles. The molecule has 3 fully saturated rings. The molecule has 0 saturated carbocycles. The summed E-state index contributed by atoms with van der Waals surface area (Å²) in [5, 5.41) is 2.27. The van der Waals surface area contributed by atoms with Gasteiger partial charge in [-0.1, -0.05) is 0 Å². The van der Waals surface area contributed by atoms with Crippen LogP contribution >= 0.6 is 0 Å². The van der Waals surface area contributed by atoms with Crippen molar-refractivity contribution in [3.63, 3.8) is 0 Å². The summed E-state index contributed by atoms with van der Waals surface area (Å²) in [4.78, 5) is 0. The van der Waals surface area contributed by atoms with E-state index in [4.69, 9.17) is 0 Å². The monoisotopic (exact) mass is 264 g/mol. The maximum atomic E-state index is 3.46. The Hall–Kier alpha value is 0.639. The molecule has 3 N–H and O–H groups in total. The van der Waals surface area contributed by atoms with Crippen LogP contribution < -0.4 is 14.7 Å². The van der Waals surface area contributed by atoms with E-state index in [1.807, 2.05) is 0 Å². The van der Waals surface area contributed by atoms with E-state index < -0.39 is 20.0 Å². The van der Waals surface area contributed by atoms with Crippen LogP contribution in [-0.2, 0) is 0 Å². The van der Waals surface area contributed by atoms with E-state index in [1.165, 1.54) is 34.8 Å². The van der Waals surface area contributed by atoms with Crippen molar-refractivity contribution >= 4 is 20.0 Å². The van der Waals surface area contributed by atoms with Crippen molar-refractivity contribution in [1.82, 2.24) is 19.7 Å². The summed E-state index contributed by atoms with van der Waals surface area (Å²) in [6.45, 7) is 2.45. The van der Waals surface area contributed by atoms with Gasteiger partial charge in [-0.05, 0) is 0 Å². The molecule has 3 saturated heterocycles. The molecule has 64 valence electrons. The van der Waals surface area contributed by atoms with E-state index in [9.17, 15) is 0 Å². The van der Waals surface area contributed by atoms with Crippen LogP contribution in [0.5, 0.6) is 0 Å². The molecule has 5 heteroatoms. The molecule has 0 unspecified atom stereocenters. The van der Waals surface area contributed by atoms with Gasteiger partial charge in [0.1, 0.15) is 0 Å². The molecule has 4 nitrogen and oxygen atoms in total. The first kappa shape index (κ1) is 8.25. The third-order valence-electron chi connectivity index (χ3n) is 2.45. The first-order chi connectivity index (χ1) is 5.45. The van der Waals surface area contributed by atoms with Crippen molar-refractivity contribution in [1.29, 1.82) is 0 Å². The molecule has 3 rings (SSSR count). The molecule has 2 bridgehead atoms. The average molecular weight is 263 g/mol. The van der Waals surface area contributed by atoms with Crippen LogP contribution in [0, 0.1) is 0 Å². The molecular formula is C6H16N4Sn. The third-order valence-corrected chi connectivity index (χ3v) is 10.3. The number of rotatable bonds is 0. The van der Waals surface area contributed by atoms with E-state index in [2.05, 4.69) is 19.7 Å². The second-order valence-corrected chi connectivity index (χ2v) is 11.4. The Kier molecular flexibility index (Phi) is 3.03. The normalized spacial score (nSPS) is 39.3. The summed E-state index contributed by atoms with van der Waals surface area (Å²) in [5.74, 6) is 0. The SMILES string of the molecule is C1CN2CC[CH2][SnH]([CH2]1)[NH]NN2. The summed E-state index contributed by atoms with van der Waals surface area (Å²) in [7, 11) is 0. The summed E-state index contributed by atoms with van der Waals surface area (Å²) in [6.07, 6.45) is 2.78. The predicted octanol–water partition coefficient (Wildman–Crippen LogP) is -0.667. The average Bonchev–Trinajstić information content (AvgIpc) is 1.80. The van der Waals surface area contributed by atoms with Gasteiger partial charge in [-0.25, -0.2) is 0 Å². The summed E-state index contributed by atoms with van der Waals surface area (Å²) < 4.78 is 6.47. The van der Waals surface area contributed by atoms with Crippen LogP contribution in [-0.4, -0.2) is 38.1 Å². The Bertz CT molecular complexity index is 96.0. The Morgan fingerprint density at radius 1 is 1.09 bits per heavy atom. The zero-order valence-corrected chi connectivity index (χ0v) is 10.1. The fourth-order valence-corrected chi connectivity index (χ4v) is 8.05. The number of hydrazine groups is 3. The quantitative estimate of drug-likeness (QED) is 0.507. The summed E-state index contributed by atoms with van der Waals surface area (Å²) >= 11 is -1.27. The fourth-order valence-electron chi connectivity index (χ4n) is 1.78. The standard InChI is InChI=1S/C6H15N4.Sn.H/c1-3-5-10(6-4-2)9-8-7;;/h7-9H,1-6H2;;/q-1;+1;. The minimum absolute atomic E-state index is 1.22. The maximum absolute atomic E-state index is 3.46. The second-order valence-electron chi connectivity index (χ2n) is 3.35. The molecule has 3 aliphatic rings. The van der Waals surface area contributed by atoms with Crippen molar-refractivity contribution in [3.05, 3.63) is 0 Å². The van der Waals surface area contributed by atoms with Crippen molar-refractivity contribution < 1.29 is 0 Å². The molecule has 3 aliphatic heterocycles. The van der Waals surface area contributed by atoms with Gasteiger partial charge in [0.25, 0.3) is 0 Å². The van der Waals surface area contributed by atoms with Gasteiger partial charge in [0.2, 0.25) is 0 Å². The first-order valence-electron chi connectivity index (χ1n) is 4.46. The summed E-state index contributed by atoms with van der Waals surface area (Å²) in [5.41, 5.74) is 6.29. The Balaban J connectivity index is 1.96. The van der Waals surface area contributed by atoms with Crippen LogP contribution in [0.25, 0.3) is 0 Å². The molecule has 0 aromatic rings. The Labute approximate surface area is 74.7 Å². The van der Waals surface area contributed by atoms with Crippen molar-refractivity contribution in [3.8, 4) is 0 Å². The number of hydrogen-bond donors (Lipinski definition) is 3. The van der Waals surface area contributed by atoms with Crippen LogP contribution in [0.1, 0.15) is 12.8 Å². The first-order valence-corrected chi connectivity index (χ1v) is 10.8. The molecule has 0 aromatic carbocycles. The molecular weight excluding hydrogens is 247 g/mol. The van der Waals surface area contributed by atoms with Gasteiger partial charge >= 0.3 is 74.6 Å². The van der Waals surface area contributed by atoms with E-state index in [0.29, 0.717) is 0 Å². The number of hydrogen-bond acceptors (Lipinski definition) is 4. The minimum atomic E-state index is -1.27. The number of nitrogens with zero attached hydrogens (tertiary/aromatic N) is 1. The van der Waals surface area contributed by atoms with Crippen molar-refractivity contribution in [2.75, 3.05) is 13.1 Å². The van der Waals surface area contributed by atoms with Gasteiger partial charge in [0.05, 0.1) is 0 Å². The van der Waals surface area contributed by atoms with Crippen LogP contribution in [0.15, 0.2) is 0 Å². The van der Waals surface area contributed by atoms with Gasteiger partial charge < -0.3 is 0 Å². The predicted molar refractivity (Wildman–Crippen MR) is 47.0 cm³/mol. The Morgan fingerprint density at radius 3 is 2.55 bits per heavy atom. The van der Waals surface area contributed by atoms with E-state index in [-0.39, 0.29) is 0 Å². The topological polar surface area (TPSA) is 39.3 Å². The van der Waals surface area contributed by atoms with Crippen LogP contribution in [0.2, 0.25) is 8.87 Å². The zero-order valence-electron chi connectivity index (χ0n) is 6.77. The molecule has 0 amide bonds. The van der Waals surface area contributed by atoms with Gasteiger partial charge in [0, 0.05) is 0 Å². The molecule has 11 heavy (non-hydrogen) atoms. The molecule has 0 aliphatic carbocycles. The van der Waals surface area contributed by atoms with E-state index >= 15 is 0 Å². The Morgan fingerprint density at radius 2 is 1.82 bits per heavy atom. The van der Waals surface area contributed by atoms with Crippen molar-refractivity contribution in [2.45, 2.75) is 21.7 Å². The second kappa shape index (κ2) is 4.04. The zero-order chi connectivity index (χ0) is 7.52. The van der Waals surface area contributed by atoms with Crippen molar-refractivity contribution in [2.24, 2.45) is 0 Å². The van der Waals surface area contributed by atoms with E-state index in [0.717, 1.165) is 0 Å². The summed E-state index contributed by atoms with van der Waals surface area (Å²) in [6, 6.07) is 0.